The van der Waals surface area contributed by atoms with Gasteiger partial charge in [-0.05, 0) is 41.8 Å². The van der Waals surface area contributed by atoms with Gasteiger partial charge < -0.3 is 5.32 Å². The van der Waals surface area contributed by atoms with E-state index in [1.165, 1.54) is 5.56 Å². The van der Waals surface area contributed by atoms with E-state index >= 15 is 0 Å². The Labute approximate surface area is 106 Å². The summed E-state index contributed by atoms with van der Waals surface area (Å²) in [5.41, 5.74) is 2.35. The minimum absolute atomic E-state index is 0.248. The quantitative estimate of drug-likeness (QED) is 0.835. The van der Waals surface area contributed by atoms with Crippen molar-refractivity contribution in [2.45, 2.75) is 19.8 Å². The van der Waals surface area contributed by atoms with Crippen LogP contribution in [0.25, 0.3) is 0 Å². The SMILES string of the molecule is CCCc1ccc(Nc2ccnc(Cl)n2)cc1. The number of nitrogens with one attached hydrogen (secondary N) is 1. The largest absolute Gasteiger partial charge is 0.340 e. The van der Waals surface area contributed by atoms with Gasteiger partial charge in [0.05, 0.1) is 0 Å². The molecule has 0 bridgehead atoms. The Hall–Kier alpha value is -1.61. The van der Waals surface area contributed by atoms with Gasteiger partial charge in [-0.1, -0.05) is 25.5 Å². The second-order valence-electron chi connectivity index (χ2n) is 3.78. The van der Waals surface area contributed by atoms with Crippen molar-refractivity contribution in [1.82, 2.24) is 9.97 Å². The Bertz CT molecular complexity index is 482. The summed E-state index contributed by atoms with van der Waals surface area (Å²) in [5, 5.41) is 3.43. The first kappa shape index (κ1) is 11.9. The van der Waals surface area contributed by atoms with Crippen LogP contribution in [-0.4, -0.2) is 9.97 Å². The minimum Gasteiger partial charge on any atom is -0.340 e. The number of hydrogen-bond acceptors (Lipinski definition) is 3. The molecule has 1 aromatic carbocycles. The fourth-order valence-electron chi connectivity index (χ4n) is 1.60. The highest BCUT2D eigenvalue weighted by molar-refractivity contribution is 6.28. The number of aromatic nitrogens is 2. The summed E-state index contributed by atoms with van der Waals surface area (Å²) >= 11 is 5.72. The molecule has 0 aliphatic rings. The average molecular weight is 248 g/mol. The lowest BCUT2D eigenvalue weighted by atomic mass is 10.1. The predicted molar refractivity (Wildman–Crippen MR) is 70.8 cm³/mol. The second kappa shape index (κ2) is 5.64. The molecule has 17 heavy (non-hydrogen) atoms. The zero-order valence-corrected chi connectivity index (χ0v) is 10.4. The maximum absolute atomic E-state index is 5.72. The van der Waals surface area contributed by atoms with Crippen molar-refractivity contribution in [1.29, 1.82) is 0 Å². The molecule has 4 heteroatoms. The number of anilines is 2. The lowest BCUT2D eigenvalue weighted by molar-refractivity contribution is 0.922. The molecule has 1 aromatic heterocycles. The van der Waals surface area contributed by atoms with E-state index in [9.17, 15) is 0 Å². The highest BCUT2D eigenvalue weighted by Crippen LogP contribution is 2.16. The van der Waals surface area contributed by atoms with Gasteiger partial charge >= 0.3 is 0 Å². The van der Waals surface area contributed by atoms with Gasteiger partial charge in [0.25, 0.3) is 0 Å². The summed E-state index contributed by atoms with van der Waals surface area (Å²) in [6.45, 7) is 2.18. The van der Waals surface area contributed by atoms with E-state index < -0.39 is 0 Å². The van der Waals surface area contributed by atoms with E-state index in [0.29, 0.717) is 5.82 Å². The Balaban J connectivity index is 2.08. The Morgan fingerprint density at radius 3 is 2.59 bits per heavy atom. The zero-order valence-electron chi connectivity index (χ0n) is 9.65. The van der Waals surface area contributed by atoms with Crippen LogP contribution in [0.15, 0.2) is 36.5 Å². The highest BCUT2D eigenvalue weighted by Gasteiger charge is 1.98. The van der Waals surface area contributed by atoms with E-state index in [1.54, 1.807) is 12.3 Å². The van der Waals surface area contributed by atoms with Crippen LogP contribution in [-0.2, 0) is 6.42 Å². The summed E-state index contributed by atoms with van der Waals surface area (Å²) in [5.74, 6) is 0.702. The minimum atomic E-state index is 0.248. The number of hydrogen-bond donors (Lipinski definition) is 1. The molecule has 0 amide bonds. The third-order valence-electron chi connectivity index (χ3n) is 2.39. The van der Waals surface area contributed by atoms with Crippen molar-refractivity contribution >= 4 is 23.1 Å². The smallest absolute Gasteiger partial charge is 0.224 e. The predicted octanol–water partition coefficient (Wildman–Crippen LogP) is 3.83. The van der Waals surface area contributed by atoms with Crippen LogP contribution in [0.3, 0.4) is 0 Å². The number of nitrogens with zero attached hydrogens (tertiary/aromatic N) is 2. The molecule has 3 nitrogen and oxygen atoms in total. The molecule has 0 aliphatic carbocycles. The van der Waals surface area contributed by atoms with Crippen LogP contribution in [0.5, 0.6) is 0 Å². The first-order valence-corrected chi connectivity index (χ1v) is 6.00. The van der Waals surface area contributed by atoms with Gasteiger partial charge in [0.1, 0.15) is 5.82 Å². The summed E-state index contributed by atoms with van der Waals surface area (Å²) in [6, 6.07) is 10.1. The van der Waals surface area contributed by atoms with Crippen LogP contribution >= 0.6 is 11.6 Å². The van der Waals surface area contributed by atoms with Gasteiger partial charge in [0, 0.05) is 11.9 Å². The first-order valence-electron chi connectivity index (χ1n) is 5.62. The van der Waals surface area contributed by atoms with Gasteiger partial charge in [-0.15, -0.1) is 0 Å². The van der Waals surface area contributed by atoms with Crippen molar-refractivity contribution in [2.24, 2.45) is 0 Å². The van der Waals surface area contributed by atoms with Gasteiger partial charge in [0.15, 0.2) is 0 Å². The molecule has 0 spiro atoms. The highest BCUT2D eigenvalue weighted by atomic mass is 35.5. The Kier molecular flexibility index (Phi) is 3.94. The lowest BCUT2D eigenvalue weighted by Crippen LogP contribution is -1.94. The Morgan fingerprint density at radius 2 is 1.94 bits per heavy atom. The van der Waals surface area contributed by atoms with Gasteiger partial charge in [-0.25, -0.2) is 9.97 Å². The van der Waals surface area contributed by atoms with Crippen molar-refractivity contribution < 1.29 is 0 Å². The normalized spacial score (nSPS) is 10.2. The van der Waals surface area contributed by atoms with E-state index in [1.807, 2.05) is 12.1 Å². The van der Waals surface area contributed by atoms with Crippen molar-refractivity contribution in [3.8, 4) is 0 Å². The molecule has 0 unspecified atom stereocenters. The zero-order chi connectivity index (χ0) is 12.1. The van der Waals surface area contributed by atoms with E-state index in [0.717, 1.165) is 18.5 Å². The topological polar surface area (TPSA) is 37.8 Å². The molecular formula is C13H14ClN3. The molecule has 1 heterocycles. The molecular weight excluding hydrogens is 234 g/mol. The van der Waals surface area contributed by atoms with Crippen molar-refractivity contribution in [3.63, 3.8) is 0 Å². The number of benzene rings is 1. The van der Waals surface area contributed by atoms with Crippen LogP contribution in [0.2, 0.25) is 5.28 Å². The fraction of sp³-hybridized carbons (Fsp3) is 0.231. The maximum Gasteiger partial charge on any atom is 0.224 e. The molecule has 0 saturated heterocycles. The fourth-order valence-corrected chi connectivity index (χ4v) is 1.74. The first-order chi connectivity index (χ1) is 8.28. The number of rotatable bonds is 4. The molecule has 0 fully saturated rings. The average Bonchev–Trinajstić information content (AvgIpc) is 2.32. The molecule has 0 radical (unpaired) electrons. The molecule has 88 valence electrons. The summed E-state index contributed by atoms with van der Waals surface area (Å²) in [4.78, 5) is 7.90. The van der Waals surface area contributed by atoms with Crippen LogP contribution in [0.4, 0.5) is 11.5 Å². The Morgan fingerprint density at radius 1 is 1.18 bits per heavy atom. The molecule has 2 aromatic rings. The van der Waals surface area contributed by atoms with Gasteiger partial charge in [-0.3, -0.25) is 0 Å². The monoisotopic (exact) mass is 247 g/mol. The number of halogens is 1. The standard InChI is InChI=1S/C13H14ClN3/c1-2-3-10-4-6-11(7-5-10)16-12-8-9-15-13(14)17-12/h4-9H,2-3H2,1H3,(H,15,16,17). The molecule has 1 N–H and O–H groups in total. The van der Waals surface area contributed by atoms with E-state index in [4.69, 9.17) is 11.6 Å². The number of aryl methyl sites for hydroxylation is 1. The second-order valence-corrected chi connectivity index (χ2v) is 4.12. The molecule has 0 atom stereocenters. The maximum atomic E-state index is 5.72. The van der Waals surface area contributed by atoms with Gasteiger partial charge in [0.2, 0.25) is 5.28 Å². The lowest BCUT2D eigenvalue weighted by Gasteiger charge is -2.06. The summed E-state index contributed by atoms with van der Waals surface area (Å²) < 4.78 is 0. The van der Waals surface area contributed by atoms with Crippen LogP contribution < -0.4 is 5.32 Å². The van der Waals surface area contributed by atoms with Crippen LogP contribution in [0, 0.1) is 0 Å². The molecule has 2 rings (SSSR count). The third-order valence-corrected chi connectivity index (χ3v) is 2.57. The van der Waals surface area contributed by atoms with Crippen molar-refractivity contribution in [2.75, 3.05) is 5.32 Å². The third kappa shape index (κ3) is 3.43. The summed E-state index contributed by atoms with van der Waals surface area (Å²) in [6.07, 6.45) is 3.90. The molecule has 0 saturated carbocycles. The molecule has 0 aliphatic heterocycles. The van der Waals surface area contributed by atoms with E-state index in [-0.39, 0.29) is 5.28 Å². The van der Waals surface area contributed by atoms with Gasteiger partial charge in [-0.2, -0.15) is 0 Å². The summed E-state index contributed by atoms with van der Waals surface area (Å²) in [7, 11) is 0. The van der Waals surface area contributed by atoms with E-state index in [2.05, 4.69) is 34.3 Å². The van der Waals surface area contributed by atoms with Crippen molar-refractivity contribution in [3.05, 3.63) is 47.4 Å². The van der Waals surface area contributed by atoms with Crippen LogP contribution in [0.1, 0.15) is 18.9 Å².